The van der Waals surface area contributed by atoms with Crippen molar-refractivity contribution >= 4 is 11.8 Å². The van der Waals surface area contributed by atoms with Crippen LogP contribution in [-0.4, -0.2) is 20.2 Å². The van der Waals surface area contributed by atoms with Gasteiger partial charge in [0.1, 0.15) is 6.09 Å². The predicted molar refractivity (Wildman–Crippen MR) is 57.7 cm³/mol. The zero-order valence-corrected chi connectivity index (χ0v) is 9.20. The highest BCUT2D eigenvalue weighted by molar-refractivity contribution is 5.62. The quantitative estimate of drug-likeness (QED) is 0.785. The maximum absolute atomic E-state index is 10.2. The van der Waals surface area contributed by atoms with E-state index in [1.54, 1.807) is 0 Å². The Morgan fingerprint density at radius 2 is 2.13 bits per heavy atom. The third-order valence-corrected chi connectivity index (χ3v) is 2.18. The number of benzene rings is 1. The molecule has 0 heterocycles. The first-order valence-electron chi connectivity index (χ1n) is 4.72. The highest BCUT2D eigenvalue weighted by Gasteiger charge is 2.01. The molecule has 0 atom stereocenters. The van der Waals surface area contributed by atoms with E-state index in [0.717, 1.165) is 16.8 Å². The van der Waals surface area contributed by atoms with Gasteiger partial charge in [0, 0.05) is 26.3 Å². The molecule has 0 radical (unpaired) electrons. The lowest BCUT2D eigenvalue weighted by Crippen LogP contribution is -2.35. The van der Waals surface area contributed by atoms with Crippen LogP contribution in [0, 0.1) is 6.92 Å². The monoisotopic (exact) mass is 207 g/mol. The topological polar surface area (TPSA) is 55.4 Å². The molecule has 0 aliphatic rings. The van der Waals surface area contributed by atoms with E-state index in [9.17, 15) is 9.90 Å². The molecule has 1 aromatic rings. The number of carbonyl (C=O) groups is 1. The van der Waals surface area contributed by atoms with E-state index in [1.807, 2.05) is 44.1 Å². The minimum atomic E-state index is -1.25. The number of aryl methyl sites for hydroxylation is 1. The van der Waals surface area contributed by atoms with Gasteiger partial charge in [0.25, 0.3) is 0 Å². The summed E-state index contributed by atoms with van der Waals surface area (Å²) < 4.78 is 0. The van der Waals surface area contributed by atoms with Crippen molar-refractivity contribution in [2.75, 3.05) is 19.0 Å². The lowest BCUT2D eigenvalue weighted by molar-refractivity contribution is -0.251. The molecular formula is C11H15N2O2-. The third kappa shape index (κ3) is 3.16. The number of amides is 1. The number of hydrogen-bond acceptors (Lipinski definition) is 3. The fourth-order valence-electron chi connectivity index (χ4n) is 1.50. The largest absolute Gasteiger partial charge is 0.530 e. The molecule has 82 valence electrons. The van der Waals surface area contributed by atoms with Crippen LogP contribution in [-0.2, 0) is 6.54 Å². The molecule has 0 saturated heterocycles. The maximum Gasteiger partial charge on any atom is 0.134 e. The summed E-state index contributed by atoms with van der Waals surface area (Å²) >= 11 is 0. The Bertz CT molecular complexity index is 362. The van der Waals surface area contributed by atoms with Crippen LogP contribution in [0.15, 0.2) is 18.2 Å². The normalized spacial score (nSPS) is 9.80. The molecule has 0 unspecified atom stereocenters. The summed E-state index contributed by atoms with van der Waals surface area (Å²) in [5.41, 5.74) is 3.19. The number of nitrogens with one attached hydrogen (secondary N) is 1. The summed E-state index contributed by atoms with van der Waals surface area (Å²) in [5, 5.41) is 12.4. The van der Waals surface area contributed by atoms with Gasteiger partial charge in [-0.2, -0.15) is 0 Å². The second-order valence-electron chi connectivity index (χ2n) is 3.66. The molecule has 1 amide bonds. The van der Waals surface area contributed by atoms with Crippen molar-refractivity contribution in [1.82, 2.24) is 5.32 Å². The van der Waals surface area contributed by atoms with Crippen molar-refractivity contribution < 1.29 is 9.90 Å². The van der Waals surface area contributed by atoms with E-state index < -0.39 is 6.09 Å². The minimum absolute atomic E-state index is 0.289. The second kappa shape index (κ2) is 4.68. The molecule has 0 fully saturated rings. The van der Waals surface area contributed by atoms with Crippen molar-refractivity contribution in [3.63, 3.8) is 0 Å². The molecule has 0 aliphatic heterocycles. The first-order valence-corrected chi connectivity index (χ1v) is 4.72. The zero-order valence-electron chi connectivity index (χ0n) is 9.20. The van der Waals surface area contributed by atoms with Crippen LogP contribution in [0.25, 0.3) is 0 Å². The number of hydrogen-bond donors (Lipinski definition) is 1. The Kier molecular flexibility index (Phi) is 3.55. The Morgan fingerprint density at radius 1 is 1.47 bits per heavy atom. The van der Waals surface area contributed by atoms with E-state index >= 15 is 0 Å². The minimum Gasteiger partial charge on any atom is -0.530 e. The van der Waals surface area contributed by atoms with Crippen LogP contribution in [0.5, 0.6) is 0 Å². The summed E-state index contributed by atoms with van der Waals surface area (Å²) in [6, 6.07) is 5.84. The summed E-state index contributed by atoms with van der Waals surface area (Å²) in [5.74, 6) is 0. The second-order valence-corrected chi connectivity index (χ2v) is 3.66. The predicted octanol–water partition coefficient (Wildman–Crippen LogP) is 0.494. The average Bonchev–Trinajstić information content (AvgIpc) is 2.14. The van der Waals surface area contributed by atoms with Gasteiger partial charge in [-0.15, -0.1) is 0 Å². The lowest BCUT2D eigenvalue weighted by atomic mass is 10.1. The number of nitrogens with zero attached hydrogens (tertiary/aromatic N) is 1. The van der Waals surface area contributed by atoms with Gasteiger partial charge in [-0.05, 0) is 24.1 Å². The third-order valence-electron chi connectivity index (χ3n) is 2.18. The molecule has 4 heteroatoms. The molecular weight excluding hydrogens is 192 g/mol. The van der Waals surface area contributed by atoms with E-state index in [2.05, 4.69) is 5.32 Å². The van der Waals surface area contributed by atoms with Crippen LogP contribution in [0.4, 0.5) is 10.5 Å². The lowest BCUT2D eigenvalue weighted by Gasteiger charge is -2.16. The van der Waals surface area contributed by atoms with Gasteiger partial charge in [0.2, 0.25) is 0 Å². The van der Waals surface area contributed by atoms with Crippen molar-refractivity contribution in [3.8, 4) is 0 Å². The smallest absolute Gasteiger partial charge is 0.134 e. The molecule has 0 spiro atoms. The number of carbonyl (C=O) groups excluding carboxylic acids is 1. The summed E-state index contributed by atoms with van der Waals surface area (Å²) in [6.07, 6.45) is -1.25. The number of carboxylic acid groups (broad SMARTS) is 1. The summed E-state index contributed by atoms with van der Waals surface area (Å²) in [6.45, 7) is 2.29. The molecule has 1 rings (SSSR count). The molecule has 4 nitrogen and oxygen atoms in total. The fraction of sp³-hybridized carbons (Fsp3) is 0.364. The maximum atomic E-state index is 10.2. The highest BCUT2D eigenvalue weighted by atomic mass is 16.4. The molecule has 0 bridgehead atoms. The van der Waals surface area contributed by atoms with Gasteiger partial charge < -0.3 is 20.1 Å². The first kappa shape index (κ1) is 11.4. The Morgan fingerprint density at radius 3 is 2.60 bits per heavy atom. The molecule has 0 aliphatic carbocycles. The van der Waals surface area contributed by atoms with Crippen molar-refractivity contribution in [2.24, 2.45) is 0 Å². The molecule has 0 saturated carbocycles. The number of anilines is 1. The fourth-order valence-corrected chi connectivity index (χ4v) is 1.50. The van der Waals surface area contributed by atoms with Gasteiger partial charge in [-0.3, -0.25) is 0 Å². The number of rotatable bonds is 3. The Labute approximate surface area is 89.5 Å². The van der Waals surface area contributed by atoms with E-state index in [1.165, 1.54) is 0 Å². The van der Waals surface area contributed by atoms with Gasteiger partial charge in [0.05, 0.1) is 0 Å². The first-order chi connectivity index (χ1) is 7.00. The van der Waals surface area contributed by atoms with E-state index in [-0.39, 0.29) is 6.54 Å². The zero-order chi connectivity index (χ0) is 11.4. The summed E-state index contributed by atoms with van der Waals surface area (Å²) in [4.78, 5) is 12.2. The van der Waals surface area contributed by atoms with Crippen LogP contribution < -0.4 is 15.3 Å². The van der Waals surface area contributed by atoms with Crippen molar-refractivity contribution in [2.45, 2.75) is 13.5 Å². The Balaban J connectivity index is 2.77. The molecule has 1 aromatic carbocycles. The van der Waals surface area contributed by atoms with Gasteiger partial charge in [-0.1, -0.05) is 12.1 Å². The standard InChI is InChI=1S/C11H16N2O2/c1-8-6-9(7-12-11(14)15)4-5-10(8)13(2)3/h4-6,12H,7H2,1-3H3,(H,14,15)/p-1. The van der Waals surface area contributed by atoms with Crippen LogP contribution >= 0.6 is 0 Å². The van der Waals surface area contributed by atoms with Gasteiger partial charge >= 0.3 is 0 Å². The SMILES string of the molecule is Cc1cc(CNC(=O)[O-])ccc1N(C)C. The summed E-state index contributed by atoms with van der Waals surface area (Å²) in [7, 11) is 3.95. The van der Waals surface area contributed by atoms with Crippen LogP contribution in [0.2, 0.25) is 0 Å². The average molecular weight is 207 g/mol. The Hall–Kier alpha value is -1.71. The molecule has 15 heavy (non-hydrogen) atoms. The highest BCUT2D eigenvalue weighted by Crippen LogP contribution is 2.18. The molecule has 1 N–H and O–H groups in total. The van der Waals surface area contributed by atoms with Gasteiger partial charge in [0.15, 0.2) is 0 Å². The van der Waals surface area contributed by atoms with Crippen LogP contribution in [0.1, 0.15) is 11.1 Å². The van der Waals surface area contributed by atoms with Gasteiger partial charge in [-0.25, -0.2) is 0 Å². The van der Waals surface area contributed by atoms with Crippen molar-refractivity contribution in [1.29, 1.82) is 0 Å². The molecule has 0 aromatic heterocycles. The van der Waals surface area contributed by atoms with Crippen molar-refractivity contribution in [3.05, 3.63) is 29.3 Å². The van der Waals surface area contributed by atoms with Crippen LogP contribution in [0.3, 0.4) is 0 Å². The van der Waals surface area contributed by atoms with E-state index in [4.69, 9.17) is 0 Å². The van der Waals surface area contributed by atoms with E-state index in [0.29, 0.717) is 0 Å².